The summed E-state index contributed by atoms with van der Waals surface area (Å²) in [4.78, 5) is 13.6. The van der Waals surface area contributed by atoms with Crippen LogP contribution in [0.25, 0.3) is 11.1 Å². The number of benzene rings is 2. The predicted molar refractivity (Wildman–Crippen MR) is 87.9 cm³/mol. The van der Waals surface area contributed by atoms with Crippen LogP contribution in [-0.4, -0.2) is 29.1 Å². The number of aromatic carboxylic acids is 1. The Kier molecular flexibility index (Phi) is 4.72. The first kappa shape index (κ1) is 15.7. The Labute approximate surface area is 135 Å². The first-order valence-electron chi connectivity index (χ1n) is 7.98. The number of rotatable bonds is 4. The summed E-state index contributed by atoms with van der Waals surface area (Å²) in [5, 5.41) is 9.25. The quantitative estimate of drug-likeness (QED) is 0.920. The van der Waals surface area contributed by atoms with Crippen LogP contribution in [0.1, 0.15) is 35.2 Å². The van der Waals surface area contributed by atoms with Crippen molar-refractivity contribution >= 4 is 5.97 Å². The highest BCUT2D eigenvalue weighted by Gasteiger charge is 2.15. The zero-order valence-electron chi connectivity index (χ0n) is 13.0. The van der Waals surface area contributed by atoms with Crippen LogP contribution in [-0.2, 0) is 6.54 Å². The third-order valence-electron chi connectivity index (χ3n) is 4.35. The van der Waals surface area contributed by atoms with E-state index >= 15 is 0 Å². The third kappa shape index (κ3) is 3.77. The number of carbonyl (C=O) groups is 1. The average molecular weight is 313 g/mol. The first-order chi connectivity index (χ1) is 11.1. The molecule has 0 saturated carbocycles. The molecule has 0 aromatic heterocycles. The Hall–Kier alpha value is -2.20. The summed E-state index contributed by atoms with van der Waals surface area (Å²) >= 11 is 0. The number of hydrogen-bond donors (Lipinski definition) is 1. The molecule has 1 saturated heterocycles. The van der Waals surface area contributed by atoms with Gasteiger partial charge in [-0.3, -0.25) is 4.90 Å². The van der Waals surface area contributed by atoms with Gasteiger partial charge in [-0.05, 0) is 66.9 Å². The largest absolute Gasteiger partial charge is 0.478 e. The zero-order valence-corrected chi connectivity index (χ0v) is 13.0. The van der Waals surface area contributed by atoms with E-state index in [-0.39, 0.29) is 5.82 Å². The minimum atomic E-state index is -0.921. The van der Waals surface area contributed by atoms with E-state index in [0.29, 0.717) is 5.56 Å². The number of piperidine rings is 1. The van der Waals surface area contributed by atoms with Crippen LogP contribution in [0.2, 0.25) is 0 Å². The number of likely N-dealkylation sites (tertiary alicyclic amines) is 1. The van der Waals surface area contributed by atoms with Crippen molar-refractivity contribution in [2.45, 2.75) is 25.8 Å². The molecule has 1 aliphatic rings. The molecular weight excluding hydrogens is 293 g/mol. The highest BCUT2D eigenvalue weighted by atomic mass is 19.1. The normalized spacial score (nSPS) is 15.5. The molecule has 120 valence electrons. The van der Waals surface area contributed by atoms with Crippen molar-refractivity contribution in [1.29, 1.82) is 0 Å². The molecule has 2 aromatic carbocycles. The second-order valence-corrected chi connectivity index (χ2v) is 6.02. The molecule has 1 N–H and O–H groups in total. The molecule has 3 rings (SSSR count). The molecule has 23 heavy (non-hydrogen) atoms. The SMILES string of the molecule is O=C(O)c1ccc(-c2ccc(F)cc2)c(CN2CCCCC2)c1. The summed E-state index contributed by atoms with van der Waals surface area (Å²) < 4.78 is 13.2. The number of hydrogen-bond acceptors (Lipinski definition) is 2. The highest BCUT2D eigenvalue weighted by molar-refractivity contribution is 5.89. The van der Waals surface area contributed by atoms with Crippen LogP contribution < -0.4 is 0 Å². The van der Waals surface area contributed by atoms with Crippen molar-refractivity contribution in [3.05, 3.63) is 59.4 Å². The summed E-state index contributed by atoms with van der Waals surface area (Å²) in [5.41, 5.74) is 3.16. The molecule has 1 heterocycles. The van der Waals surface area contributed by atoms with Gasteiger partial charge in [0.05, 0.1) is 5.56 Å². The average Bonchev–Trinajstić information content (AvgIpc) is 2.56. The fourth-order valence-electron chi connectivity index (χ4n) is 3.13. The van der Waals surface area contributed by atoms with E-state index in [4.69, 9.17) is 0 Å². The molecule has 0 aliphatic carbocycles. The maximum absolute atomic E-state index is 13.2. The van der Waals surface area contributed by atoms with Crippen LogP contribution in [0.4, 0.5) is 4.39 Å². The van der Waals surface area contributed by atoms with Gasteiger partial charge in [0.15, 0.2) is 0 Å². The molecule has 0 amide bonds. The van der Waals surface area contributed by atoms with Crippen molar-refractivity contribution in [3.63, 3.8) is 0 Å². The van der Waals surface area contributed by atoms with E-state index < -0.39 is 5.97 Å². The molecule has 0 spiro atoms. The second-order valence-electron chi connectivity index (χ2n) is 6.02. The Morgan fingerprint density at radius 2 is 1.74 bits per heavy atom. The molecule has 0 bridgehead atoms. The van der Waals surface area contributed by atoms with Crippen LogP contribution in [0, 0.1) is 5.82 Å². The van der Waals surface area contributed by atoms with E-state index in [1.807, 2.05) is 6.07 Å². The van der Waals surface area contributed by atoms with Crippen molar-refractivity contribution < 1.29 is 14.3 Å². The standard InChI is InChI=1S/C19H20FNO2/c20-17-7-4-14(5-8-17)18-9-6-15(19(22)23)12-16(18)13-21-10-2-1-3-11-21/h4-9,12H,1-3,10-11,13H2,(H,22,23). The van der Waals surface area contributed by atoms with Crippen LogP contribution in [0.5, 0.6) is 0 Å². The lowest BCUT2D eigenvalue weighted by Crippen LogP contribution is -2.29. The van der Waals surface area contributed by atoms with Gasteiger partial charge in [0.2, 0.25) is 0 Å². The molecule has 1 aliphatic heterocycles. The van der Waals surface area contributed by atoms with Gasteiger partial charge in [-0.2, -0.15) is 0 Å². The van der Waals surface area contributed by atoms with Gasteiger partial charge in [-0.15, -0.1) is 0 Å². The van der Waals surface area contributed by atoms with Crippen molar-refractivity contribution in [2.24, 2.45) is 0 Å². The molecule has 2 aromatic rings. The van der Waals surface area contributed by atoms with Gasteiger partial charge in [0.1, 0.15) is 5.82 Å². The van der Waals surface area contributed by atoms with Gasteiger partial charge in [0.25, 0.3) is 0 Å². The molecule has 0 radical (unpaired) electrons. The predicted octanol–water partition coefficient (Wildman–Crippen LogP) is 4.18. The van der Waals surface area contributed by atoms with Crippen LogP contribution in [0.3, 0.4) is 0 Å². The first-order valence-corrected chi connectivity index (χ1v) is 7.98. The van der Waals surface area contributed by atoms with Gasteiger partial charge >= 0.3 is 5.97 Å². The highest BCUT2D eigenvalue weighted by Crippen LogP contribution is 2.27. The topological polar surface area (TPSA) is 40.5 Å². The second kappa shape index (κ2) is 6.92. The molecular formula is C19H20FNO2. The molecule has 4 heteroatoms. The number of halogens is 1. The van der Waals surface area contributed by atoms with E-state index in [2.05, 4.69) is 4.90 Å². The fourth-order valence-corrected chi connectivity index (χ4v) is 3.13. The Morgan fingerprint density at radius 3 is 2.39 bits per heavy atom. The lowest BCUT2D eigenvalue weighted by atomic mass is 9.96. The minimum absolute atomic E-state index is 0.270. The smallest absolute Gasteiger partial charge is 0.335 e. The Morgan fingerprint density at radius 1 is 1.04 bits per heavy atom. The molecule has 0 atom stereocenters. The minimum Gasteiger partial charge on any atom is -0.478 e. The van der Waals surface area contributed by atoms with Gasteiger partial charge in [0, 0.05) is 6.54 Å². The van der Waals surface area contributed by atoms with Crippen molar-refractivity contribution in [2.75, 3.05) is 13.1 Å². The lowest BCUT2D eigenvalue weighted by Gasteiger charge is -2.27. The van der Waals surface area contributed by atoms with Crippen LogP contribution in [0.15, 0.2) is 42.5 Å². The maximum Gasteiger partial charge on any atom is 0.335 e. The summed E-state index contributed by atoms with van der Waals surface area (Å²) in [6.07, 6.45) is 3.63. The molecule has 0 unspecified atom stereocenters. The number of nitrogens with zero attached hydrogens (tertiary/aromatic N) is 1. The lowest BCUT2D eigenvalue weighted by molar-refractivity contribution is 0.0696. The van der Waals surface area contributed by atoms with E-state index in [0.717, 1.165) is 36.3 Å². The number of carboxylic acids is 1. The van der Waals surface area contributed by atoms with Crippen molar-refractivity contribution in [1.82, 2.24) is 4.90 Å². The van der Waals surface area contributed by atoms with E-state index in [1.165, 1.54) is 31.4 Å². The monoisotopic (exact) mass is 313 g/mol. The summed E-state index contributed by atoms with van der Waals surface area (Å²) in [7, 11) is 0. The summed E-state index contributed by atoms with van der Waals surface area (Å²) in [6.45, 7) is 2.81. The zero-order chi connectivity index (χ0) is 16.2. The Balaban J connectivity index is 1.96. The van der Waals surface area contributed by atoms with E-state index in [9.17, 15) is 14.3 Å². The van der Waals surface area contributed by atoms with Gasteiger partial charge in [-0.1, -0.05) is 24.6 Å². The van der Waals surface area contributed by atoms with Gasteiger partial charge < -0.3 is 5.11 Å². The van der Waals surface area contributed by atoms with E-state index in [1.54, 1.807) is 24.3 Å². The fraction of sp³-hybridized carbons (Fsp3) is 0.316. The summed E-state index contributed by atoms with van der Waals surface area (Å²) in [5.74, 6) is -1.19. The third-order valence-corrected chi connectivity index (χ3v) is 4.35. The molecule has 1 fully saturated rings. The van der Waals surface area contributed by atoms with Crippen molar-refractivity contribution in [3.8, 4) is 11.1 Å². The Bertz CT molecular complexity index is 691. The number of carboxylic acid groups (broad SMARTS) is 1. The van der Waals surface area contributed by atoms with Crippen LogP contribution >= 0.6 is 0 Å². The summed E-state index contributed by atoms with van der Waals surface area (Å²) in [6, 6.07) is 11.5. The molecule has 3 nitrogen and oxygen atoms in total. The maximum atomic E-state index is 13.2. The van der Waals surface area contributed by atoms with Gasteiger partial charge in [-0.25, -0.2) is 9.18 Å².